The highest BCUT2D eigenvalue weighted by Gasteiger charge is 2.21. The largest absolute Gasteiger partial charge is 0.354 e. The number of hydrogen-bond donors (Lipinski definition) is 1. The molecule has 2 heterocycles. The van der Waals surface area contributed by atoms with Crippen LogP contribution in [0.25, 0.3) is 0 Å². The summed E-state index contributed by atoms with van der Waals surface area (Å²) >= 11 is 3.53. The Morgan fingerprint density at radius 2 is 2.43 bits per heavy atom. The highest BCUT2D eigenvalue weighted by Crippen LogP contribution is 2.26. The summed E-state index contributed by atoms with van der Waals surface area (Å²) < 4.78 is 1.06. The molecule has 1 aliphatic heterocycles. The maximum atomic E-state index is 5.86. The third-order valence-corrected chi connectivity index (χ3v) is 3.07. The average molecular weight is 256 g/mol. The van der Waals surface area contributed by atoms with Gasteiger partial charge in [-0.25, -0.2) is 4.98 Å². The van der Waals surface area contributed by atoms with Gasteiger partial charge in [-0.15, -0.1) is 0 Å². The minimum atomic E-state index is 0.296. The predicted molar refractivity (Wildman–Crippen MR) is 61.5 cm³/mol. The molecule has 3 nitrogen and oxygen atoms in total. The highest BCUT2D eigenvalue weighted by molar-refractivity contribution is 9.10. The van der Waals surface area contributed by atoms with E-state index in [2.05, 4.69) is 31.9 Å². The summed E-state index contributed by atoms with van der Waals surface area (Å²) in [6.45, 7) is 3.96. The number of pyridine rings is 1. The van der Waals surface area contributed by atoms with Gasteiger partial charge in [0.15, 0.2) is 0 Å². The Bertz CT molecular complexity index is 340. The minimum absolute atomic E-state index is 0.296. The quantitative estimate of drug-likeness (QED) is 0.831. The van der Waals surface area contributed by atoms with E-state index < -0.39 is 0 Å². The molecule has 1 saturated heterocycles. The van der Waals surface area contributed by atoms with Crippen LogP contribution < -0.4 is 10.6 Å². The summed E-state index contributed by atoms with van der Waals surface area (Å²) in [7, 11) is 0. The molecule has 1 atom stereocenters. The van der Waals surface area contributed by atoms with Crippen LogP contribution in [0.3, 0.4) is 0 Å². The maximum absolute atomic E-state index is 5.86. The van der Waals surface area contributed by atoms with Crippen LogP contribution in [0.4, 0.5) is 5.82 Å². The number of hydrogen-bond acceptors (Lipinski definition) is 3. The molecule has 0 amide bonds. The smallest absolute Gasteiger partial charge is 0.142 e. The topological polar surface area (TPSA) is 42.2 Å². The van der Waals surface area contributed by atoms with Gasteiger partial charge in [-0.3, -0.25) is 0 Å². The lowest BCUT2D eigenvalue weighted by atomic mass is 10.3. The van der Waals surface area contributed by atoms with Crippen molar-refractivity contribution in [3.8, 4) is 0 Å². The van der Waals surface area contributed by atoms with E-state index in [1.165, 1.54) is 5.56 Å². The van der Waals surface area contributed by atoms with Crippen LogP contribution >= 0.6 is 15.9 Å². The highest BCUT2D eigenvalue weighted by atomic mass is 79.9. The van der Waals surface area contributed by atoms with E-state index in [1.807, 2.05) is 13.1 Å². The Balaban J connectivity index is 2.24. The lowest BCUT2D eigenvalue weighted by Crippen LogP contribution is -2.27. The fourth-order valence-corrected chi connectivity index (χ4v) is 2.45. The molecule has 76 valence electrons. The molecule has 1 aliphatic rings. The van der Waals surface area contributed by atoms with Crippen LogP contribution in [0.2, 0.25) is 0 Å². The molecular weight excluding hydrogens is 242 g/mol. The fraction of sp³-hybridized carbons (Fsp3) is 0.500. The summed E-state index contributed by atoms with van der Waals surface area (Å²) in [6.07, 6.45) is 2.95. The Hall–Kier alpha value is -0.610. The van der Waals surface area contributed by atoms with Crippen LogP contribution in [0.15, 0.2) is 16.7 Å². The van der Waals surface area contributed by atoms with Gasteiger partial charge in [-0.1, -0.05) is 0 Å². The van der Waals surface area contributed by atoms with E-state index in [0.717, 1.165) is 29.8 Å². The van der Waals surface area contributed by atoms with Crippen molar-refractivity contribution in [2.75, 3.05) is 18.0 Å². The van der Waals surface area contributed by atoms with Crippen molar-refractivity contribution in [1.82, 2.24) is 4.98 Å². The zero-order chi connectivity index (χ0) is 10.1. The van der Waals surface area contributed by atoms with Crippen LogP contribution in [-0.4, -0.2) is 24.1 Å². The molecule has 0 spiro atoms. The van der Waals surface area contributed by atoms with Crippen molar-refractivity contribution >= 4 is 21.7 Å². The second-order valence-corrected chi connectivity index (χ2v) is 4.67. The van der Waals surface area contributed by atoms with Gasteiger partial charge >= 0.3 is 0 Å². The van der Waals surface area contributed by atoms with Gasteiger partial charge in [-0.2, -0.15) is 0 Å². The zero-order valence-corrected chi connectivity index (χ0v) is 9.79. The molecule has 1 unspecified atom stereocenters. The molecule has 14 heavy (non-hydrogen) atoms. The van der Waals surface area contributed by atoms with Crippen molar-refractivity contribution in [1.29, 1.82) is 0 Å². The molecule has 0 aliphatic carbocycles. The van der Waals surface area contributed by atoms with Crippen molar-refractivity contribution < 1.29 is 0 Å². The molecule has 4 heteroatoms. The van der Waals surface area contributed by atoms with Crippen LogP contribution in [-0.2, 0) is 0 Å². The SMILES string of the molecule is Cc1cnc(N2CCC(N)C2)c(Br)c1. The summed E-state index contributed by atoms with van der Waals surface area (Å²) in [5.41, 5.74) is 7.03. The van der Waals surface area contributed by atoms with Crippen LogP contribution in [0.1, 0.15) is 12.0 Å². The van der Waals surface area contributed by atoms with Crippen molar-refractivity contribution in [3.63, 3.8) is 0 Å². The monoisotopic (exact) mass is 255 g/mol. The van der Waals surface area contributed by atoms with Crippen molar-refractivity contribution in [2.24, 2.45) is 5.73 Å². The number of nitrogens with two attached hydrogens (primary N) is 1. The predicted octanol–water partition coefficient (Wildman–Crippen LogP) is 1.69. The normalized spacial score (nSPS) is 21.6. The van der Waals surface area contributed by atoms with E-state index in [-0.39, 0.29) is 0 Å². The summed E-state index contributed by atoms with van der Waals surface area (Å²) in [5.74, 6) is 1.02. The Labute approximate surface area is 92.4 Å². The number of rotatable bonds is 1. The third kappa shape index (κ3) is 1.91. The van der Waals surface area contributed by atoms with E-state index in [1.54, 1.807) is 0 Å². The molecule has 0 bridgehead atoms. The van der Waals surface area contributed by atoms with Gasteiger partial charge in [0.25, 0.3) is 0 Å². The Kier molecular flexibility index (Phi) is 2.74. The van der Waals surface area contributed by atoms with Crippen molar-refractivity contribution in [3.05, 3.63) is 22.3 Å². The van der Waals surface area contributed by atoms with E-state index in [4.69, 9.17) is 5.73 Å². The van der Waals surface area contributed by atoms with E-state index in [0.29, 0.717) is 6.04 Å². The molecule has 2 N–H and O–H groups in total. The molecule has 1 aromatic heterocycles. The molecule has 1 fully saturated rings. The van der Waals surface area contributed by atoms with Gasteiger partial charge in [0.1, 0.15) is 5.82 Å². The molecular formula is C10H14BrN3. The van der Waals surface area contributed by atoms with Crippen molar-refractivity contribution in [2.45, 2.75) is 19.4 Å². The summed E-state index contributed by atoms with van der Waals surface area (Å²) in [5, 5.41) is 0. The third-order valence-electron chi connectivity index (χ3n) is 2.48. The number of aryl methyl sites for hydroxylation is 1. The number of aromatic nitrogens is 1. The molecule has 0 radical (unpaired) electrons. The second-order valence-electron chi connectivity index (χ2n) is 3.81. The first-order chi connectivity index (χ1) is 6.66. The standard InChI is InChI=1S/C10H14BrN3/c1-7-4-9(11)10(13-5-7)14-3-2-8(12)6-14/h4-5,8H,2-3,6,12H2,1H3. The Morgan fingerprint density at radius 1 is 1.64 bits per heavy atom. The van der Waals surface area contributed by atoms with E-state index in [9.17, 15) is 0 Å². The van der Waals surface area contributed by atoms with Gasteiger partial charge in [0, 0.05) is 25.3 Å². The first-order valence-electron chi connectivity index (χ1n) is 4.79. The van der Waals surface area contributed by atoms with Gasteiger partial charge < -0.3 is 10.6 Å². The lowest BCUT2D eigenvalue weighted by Gasteiger charge is -2.18. The maximum Gasteiger partial charge on any atom is 0.142 e. The molecule has 2 rings (SSSR count). The Morgan fingerprint density at radius 3 is 3.00 bits per heavy atom. The minimum Gasteiger partial charge on any atom is -0.354 e. The number of halogens is 1. The lowest BCUT2D eigenvalue weighted by molar-refractivity contribution is 0.751. The first-order valence-corrected chi connectivity index (χ1v) is 5.59. The molecule has 0 aromatic carbocycles. The average Bonchev–Trinajstić information content (AvgIpc) is 2.51. The molecule has 1 aromatic rings. The first kappa shape index (κ1) is 9.93. The number of nitrogens with zero attached hydrogens (tertiary/aromatic N) is 2. The van der Waals surface area contributed by atoms with Gasteiger partial charge in [0.2, 0.25) is 0 Å². The van der Waals surface area contributed by atoms with Crippen LogP contribution in [0, 0.1) is 6.92 Å². The number of anilines is 1. The fourth-order valence-electron chi connectivity index (χ4n) is 1.74. The zero-order valence-electron chi connectivity index (χ0n) is 8.20. The summed E-state index contributed by atoms with van der Waals surface area (Å²) in [4.78, 5) is 6.65. The van der Waals surface area contributed by atoms with Crippen LogP contribution in [0.5, 0.6) is 0 Å². The second kappa shape index (κ2) is 3.87. The molecule has 0 saturated carbocycles. The van der Waals surface area contributed by atoms with E-state index >= 15 is 0 Å². The summed E-state index contributed by atoms with van der Waals surface area (Å²) in [6, 6.07) is 2.39. The van der Waals surface area contributed by atoms with Gasteiger partial charge in [0.05, 0.1) is 4.47 Å². The van der Waals surface area contributed by atoms with Gasteiger partial charge in [-0.05, 0) is 40.9 Å².